The molecule has 0 amide bonds. The maximum absolute atomic E-state index is 13.2. The summed E-state index contributed by atoms with van der Waals surface area (Å²) in [5.41, 5.74) is 4.44. The second-order valence-corrected chi connectivity index (χ2v) is 7.78. The third kappa shape index (κ3) is 3.42. The smallest absolute Gasteiger partial charge is 0.225 e. The summed E-state index contributed by atoms with van der Waals surface area (Å²) in [6.07, 6.45) is 2.97. The third-order valence-electron chi connectivity index (χ3n) is 4.65. The number of hydrogen-bond donors (Lipinski definition) is 1. The minimum atomic E-state index is -3.69. The van der Waals surface area contributed by atoms with Crippen molar-refractivity contribution in [2.75, 3.05) is 0 Å². The Morgan fingerprint density at radius 1 is 0.958 bits per heavy atom. The van der Waals surface area contributed by atoms with E-state index >= 15 is 0 Å². The molecule has 0 aromatic heterocycles. The predicted molar refractivity (Wildman–Crippen MR) is 94.0 cm³/mol. The SMILES string of the molecule is CCC1CC(c2ccc(F)cc2)=C(c2ccc(S(N)(=O)=O)cc2)C1. The lowest BCUT2D eigenvalue weighted by Gasteiger charge is -2.09. The van der Waals surface area contributed by atoms with Crippen molar-refractivity contribution in [3.63, 3.8) is 0 Å². The summed E-state index contributed by atoms with van der Waals surface area (Å²) in [5, 5.41) is 5.16. The second kappa shape index (κ2) is 6.49. The van der Waals surface area contributed by atoms with Gasteiger partial charge in [0, 0.05) is 0 Å². The molecule has 1 unspecified atom stereocenters. The van der Waals surface area contributed by atoms with Crippen LogP contribution in [0.25, 0.3) is 11.1 Å². The summed E-state index contributed by atoms with van der Waals surface area (Å²) in [4.78, 5) is 0.111. The lowest BCUT2D eigenvalue weighted by atomic mass is 9.97. The molecule has 0 saturated carbocycles. The molecule has 2 N–H and O–H groups in total. The Morgan fingerprint density at radius 3 is 1.83 bits per heavy atom. The van der Waals surface area contributed by atoms with Crippen LogP contribution < -0.4 is 5.14 Å². The average Bonchev–Trinajstić information content (AvgIpc) is 2.99. The third-order valence-corrected chi connectivity index (χ3v) is 5.58. The van der Waals surface area contributed by atoms with E-state index in [2.05, 4.69) is 6.92 Å². The van der Waals surface area contributed by atoms with Gasteiger partial charge in [-0.2, -0.15) is 0 Å². The van der Waals surface area contributed by atoms with Crippen LogP contribution in [0.4, 0.5) is 4.39 Å². The molecular weight excluding hydrogens is 325 g/mol. The molecule has 0 heterocycles. The van der Waals surface area contributed by atoms with Crippen LogP contribution in [-0.2, 0) is 10.0 Å². The first-order valence-electron chi connectivity index (χ1n) is 7.99. The first-order chi connectivity index (χ1) is 11.4. The van der Waals surface area contributed by atoms with Crippen molar-refractivity contribution in [3.8, 4) is 0 Å². The van der Waals surface area contributed by atoms with Crippen LogP contribution in [0.15, 0.2) is 53.4 Å². The van der Waals surface area contributed by atoms with Crippen molar-refractivity contribution in [2.45, 2.75) is 31.1 Å². The quantitative estimate of drug-likeness (QED) is 0.902. The molecule has 0 radical (unpaired) electrons. The first-order valence-corrected chi connectivity index (χ1v) is 9.54. The number of rotatable bonds is 4. The number of allylic oxidation sites excluding steroid dienone is 2. The van der Waals surface area contributed by atoms with E-state index in [4.69, 9.17) is 5.14 Å². The highest BCUT2D eigenvalue weighted by atomic mass is 32.2. The van der Waals surface area contributed by atoms with E-state index in [0.717, 1.165) is 30.4 Å². The molecule has 1 aliphatic carbocycles. The van der Waals surface area contributed by atoms with Crippen molar-refractivity contribution in [3.05, 3.63) is 65.5 Å². The number of nitrogens with two attached hydrogens (primary N) is 1. The molecule has 2 aromatic carbocycles. The van der Waals surface area contributed by atoms with Gasteiger partial charge in [0.15, 0.2) is 0 Å². The number of halogens is 1. The zero-order valence-corrected chi connectivity index (χ0v) is 14.3. The van der Waals surface area contributed by atoms with E-state index in [1.807, 2.05) is 0 Å². The highest BCUT2D eigenvalue weighted by Crippen LogP contribution is 2.44. The predicted octanol–water partition coefficient (Wildman–Crippen LogP) is 4.20. The zero-order chi connectivity index (χ0) is 17.3. The molecule has 0 spiro atoms. The number of primary sulfonamides is 1. The van der Waals surface area contributed by atoms with E-state index in [1.54, 1.807) is 36.4 Å². The summed E-state index contributed by atoms with van der Waals surface area (Å²) in [6.45, 7) is 2.17. The van der Waals surface area contributed by atoms with E-state index < -0.39 is 10.0 Å². The topological polar surface area (TPSA) is 60.2 Å². The Hall–Kier alpha value is -1.98. The van der Waals surface area contributed by atoms with E-state index in [-0.39, 0.29) is 10.7 Å². The van der Waals surface area contributed by atoms with Crippen LogP contribution in [0, 0.1) is 11.7 Å². The van der Waals surface area contributed by atoms with Crippen molar-refractivity contribution >= 4 is 21.2 Å². The summed E-state index contributed by atoms with van der Waals surface area (Å²) in [5.74, 6) is 0.307. The fourth-order valence-electron chi connectivity index (χ4n) is 3.27. The Kier molecular flexibility index (Phi) is 4.56. The number of hydrogen-bond acceptors (Lipinski definition) is 2. The molecule has 1 atom stereocenters. The lowest BCUT2D eigenvalue weighted by molar-refractivity contribution is 0.558. The Balaban J connectivity index is 2.04. The van der Waals surface area contributed by atoms with Gasteiger partial charge < -0.3 is 0 Å². The van der Waals surface area contributed by atoms with Gasteiger partial charge in [0.25, 0.3) is 0 Å². The molecule has 126 valence electrons. The fraction of sp³-hybridized carbons (Fsp3) is 0.263. The molecule has 3 rings (SSSR count). The molecule has 1 aliphatic rings. The lowest BCUT2D eigenvalue weighted by Crippen LogP contribution is -2.11. The van der Waals surface area contributed by atoms with Crippen LogP contribution >= 0.6 is 0 Å². The minimum Gasteiger partial charge on any atom is -0.225 e. The van der Waals surface area contributed by atoms with Crippen LogP contribution in [-0.4, -0.2) is 8.42 Å². The van der Waals surface area contributed by atoms with Gasteiger partial charge in [-0.1, -0.05) is 37.6 Å². The number of sulfonamides is 1. The van der Waals surface area contributed by atoms with E-state index in [0.29, 0.717) is 5.92 Å². The summed E-state index contributed by atoms with van der Waals surface area (Å²) in [6, 6.07) is 13.3. The Morgan fingerprint density at radius 2 is 1.42 bits per heavy atom. The minimum absolute atomic E-state index is 0.111. The molecule has 24 heavy (non-hydrogen) atoms. The van der Waals surface area contributed by atoms with E-state index in [9.17, 15) is 12.8 Å². The highest BCUT2D eigenvalue weighted by molar-refractivity contribution is 7.89. The Bertz CT molecular complexity index is 869. The van der Waals surface area contributed by atoms with Gasteiger partial charge in [-0.25, -0.2) is 17.9 Å². The van der Waals surface area contributed by atoms with Gasteiger partial charge >= 0.3 is 0 Å². The van der Waals surface area contributed by atoms with Gasteiger partial charge in [-0.3, -0.25) is 0 Å². The molecule has 2 aromatic rings. The largest absolute Gasteiger partial charge is 0.238 e. The molecule has 5 heteroatoms. The van der Waals surface area contributed by atoms with Crippen molar-refractivity contribution in [2.24, 2.45) is 11.1 Å². The molecule has 0 fully saturated rings. The van der Waals surface area contributed by atoms with Crippen LogP contribution in [0.2, 0.25) is 0 Å². The second-order valence-electron chi connectivity index (χ2n) is 6.22. The van der Waals surface area contributed by atoms with Gasteiger partial charge in [0.2, 0.25) is 10.0 Å². The van der Waals surface area contributed by atoms with Gasteiger partial charge in [-0.15, -0.1) is 0 Å². The van der Waals surface area contributed by atoms with Gasteiger partial charge in [-0.05, 0) is 65.3 Å². The maximum Gasteiger partial charge on any atom is 0.238 e. The molecule has 3 nitrogen and oxygen atoms in total. The molecular formula is C19H20FNO2S. The molecule has 0 saturated heterocycles. The fourth-order valence-corrected chi connectivity index (χ4v) is 3.78. The zero-order valence-electron chi connectivity index (χ0n) is 13.5. The summed E-state index contributed by atoms with van der Waals surface area (Å²) in [7, 11) is -3.69. The first kappa shape index (κ1) is 16.9. The standard InChI is InChI=1S/C19H20FNO2S/c1-2-13-11-18(14-3-7-16(20)8-4-14)19(12-13)15-5-9-17(10-6-15)24(21,22)23/h3-10,13H,2,11-12H2,1H3,(H2,21,22,23). The maximum atomic E-state index is 13.2. The van der Waals surface area contributed by atoms with Crippen LogP contribution in [0.1, 0.15) is 37.3 Å². The summed E-state index contributed by atoms with van der Waals surface area (Å²) < 4.78 is 36.0. The van der Waals surface area contributed by atoms with Crippen LogP contribution in [0.5, 0.6) is 0 Å². The van der Waals surface area contributed by atoms with Crippen LogP contribution in [0.3, 0.4) is 0 Å². The average molecular weight is 345 g/mol. The monoisotopic (exact) mass is 345 g/mol. The Labute approximate surface area is 142 Å². The highest BCUT2D eigenvalue weighted by Gasteiger charge is 2.25. The van der Waals surface area contributed by atoms with Crippen molar-refractivity contribution in [1.82, 2.24) is 0 Å². The van der Waals surface area contributed by atoms with E-state index in [1.165, 1.54) is 23.3 Å². The van der Waals surface area contributed by atoms with Crippen molar-refractivity contribution < 1.29 is 12.8 Å². The van der Waals surface area contributed by atoms with Crippen molar-refractivity contribution in [1.29, 1.82) is 0 Å². The molecule has 0 bridgehead atoms. The van der Waals surface area contributed by atoms with Gasteiger partial charge in [0.05, 0.1) is 4.90 Å². The van der Waals surface area contributed by atoms with Gasteiger partial charge in [0.1, 0.15) is 5.82 Å². The normalized spacial score (nSPS) is 18.2. The molecule has 0 aliphatic heterocycles. The summed E-state index contributed by atoms with van der Waals surface area (Å²) >= 11 is 0. The number of benzene rings is 2.